The van der Waals surface area contributed by atoms with Crippen LogP contribution < -0.4 is 16.0 Å². The quantitative estimate of drug-likeness (QED) is 0.655. The minimum atomic E-state index is -0.188. The minimum Gasteiger partial charge on any atom is -0.354 e. The van der Waals surface area contributed by atoms with Crippen LogP contribution in [0.2, 0.25) is 5.02 Å². The van der Waals surface area contributed by atoms with Crippen molar-refractivity contribution in [1.29, 1.82) is 0 Å². The molecule has 1 aliphatic rings. The summed E-state index contributed by atoms with van der Waals surface area (Å²) in [4.78, 5) is 24.5. The topological polar surface area (TPSA) is 88.0 Å². The molecule has 8 heteroatoms. The fourth-order valence-corrected chi connectivity index (χ4v) is 3.26. The SMILES string of the molecule is Cn1cc([C@H]2CNC[C@@H]2C(=O)NCCNC(=O)c2ccc(Cl)cc2)cn1. The van der Waals surface area contributed by atoms with Gasteiger partial charge in [0, 0.05) is 55.9 Å². The number of aromatic nitrogens is 2. The van der Waals surface area contributed by atoms with Gasteiger partial charge < -0.3 is 16.0 Å². The van der Waals surface area contributed by atoms with Gasteiger partial charge in [0.05, 0.1) is 12.1 Å². The summed E-state index contributed by atoms with van der Waals surface area (Å²) < 4.78 is 1.74. The third-order valence-corrected chi connectivity index (χ3v) is 4.77. The second kappa shape index (κ2) is 8.33. The van der Waals surface area contributed by atoms with Crippen LogP contribution in [0.4, 0.5) is 0 Å². The molecule has 0 aliphatic carbocycles. The maximum absolute atomic E-state index is 12.5. The van der Waals surface area contributed by atoms with Gasteiger partial charge in [-0.2, -0.15) is 5.10 Å². The van der Waals surface area contributed by atoms with Crippen LogP contribution in [-0.2, 0) is 11.8 Å². The minimum absolute atomic E-state index is 0.00963. The van der Waals surface area contributed by atoms with Gasteiger partial charge in [-0.15, -0.1) is 0 Å². The van der Waals surface area contributed by atoms with E-state index in [-0.39, 0.29) is 23.7 Å². The van der Waals surface area contributed by atoms with Gasteiger partial charge >= 0.3 is 0 Å². The van der Waals surface area contributed by atoms with Gasteiger partial charge in [-0.3, -0.25) is 14.3 Å². The van der Waals surface area contributed by atoms with Crippen LogP contribution in [0.1, 0.15) is 21.8 Å². The Labute approximate surface area is 157 Å². The first-order chi connectivity index (χ1) is 12.5. The van der Waals surface area contributed by atoms with Gasteiger partial charge in [-0.1, -0.05) is 11.6 Å². The van der Waals surface area contributed by atoms with E-state index in [1.165, 1.54) is 0 Å². The van der Waals surface area contributed by atoms with Gasteiger partial charge in [0.1, 0.15) is 0 Å². The molecule has 0 spiro atoms. The summed E-state index contributed by atoms with van der Waals surface area (Å²) in [6.07, 6.45) is 3.76. The smallest absolute Gasteiger partial charge is 0.251 e. The van der Waals surface area contributed by atoms with Crippen LogP contribution in [-0.4, -0.2) is 47.8 Å². The maximum atomic E-state index is 12.5. The summed E-state index contributed by atoms with van der Waals surface area (Å²) in [5.74, 6) is -0.213. The molecule has 1 fully saturated rings. The standard InChI is InChI=1S/C18H22ClN5O2/c1-24-11-13(8-23-24)15-9-20-10-16(15)18(26)22-7-6-21-17(25)12-2-4-14(19)5-3-12/h2-5,8,11,15-16,20H,6-7,9-10H2,1H3,(H,21,25)(H,22,26)/t15-,16+/m1/s1. The zero-order valence-corrected chi connectivity index (χ0v) is 15.3. The normalized spacial score (nSPS) is 19.3. The molecule has 7 nitrogen and oxygen atoms in total. The van der Waals surface area contributed by atoms with Gasteiger partial charge in [0.25, 0.3) is 5.91 Å². The number of benzene rings is 1. The van der Waals surface area contributed by atoms with Crippen LogP contribution in [0, 0.1) is 5.92 Å². The number of nitrogens with one attached hydrogen (secondary N) is 3. The highest BCUT2D eigenvalue weighted by Gasteiger charge is 2.34. The molecular formula is C18H22ClN5O2. The second-order valence-electron chi connectivity index (χ2n) is 6.37. The highest BCUT2D eigenvalue weighted by molar-refractivity contribution is 6.30. The Bertz CT molecular complexity index is 774. The van der Waals surface area contributed by atoms with E-state index in [1.807, 2.05) is 19.4 Å². The number of nitrogens with zero attached hydrogens (tertiary/aromatic N) is 2. The molecular weight excluding hydrogens is 354 g/mol. The molecule has 2 atom stereocenters. The average molecular weight is 376 g/mol. The molecule has 3 rings (SSSR count). The highest BCUT2D eigenvalue weighted by Crippen LogP contribution is 2.27. The predicted molar refractivity (Wildman–Crippen MR) is 99.1 cm³/mol. The number of carbonyl (C=O) groups excluding carboxylic acids is 2. The van der Waals surface area contributed by atoms with Crippen LogP contribution in [0.3, 0.4) is 0 Å². The van der Waals surface area contributed by atoms with E-state index in [4.69, 9.17) is 11.6 Å². The van der Waals surface area contributed by atoms with E-state index in [0.29, 0.717) is 30.2 Å². The lowest BCUT2D eigenvalue weighted by Crippen LogP contribution is -2.39. The van der Waals surface area contributed by atoms with Crippen LogP contribution >= 0.6 is 11.6 Å². The highest BCUT2D eigenvalue weighted by atomic mass is 35.5. The lowest BCUT2D eigenvalue weighted by Gasteiger charge is -2.17. The van der Waals surface area contributed by atoms with Crippen LogP contribution in [0.5, 0.6) is 0 Å². The van der Waals surface area contributed by atoms with Crippen molar-refractivity contribution in [1.82, 2.24) is 25.7 Å². The molecule has 1 aromatic carbocycles. The summed E-state index contributed by atoms with van der Waals surface area (Å²) in [6.45, 7) is 2.15. The maximum Gasteiger partial charge on any atom is 0.251 e. The van der Waals surface area contributed by atoms with E-state index in [1.54, 1.807) is 28.9 Å². The van der Waals surface area contributed by atoms with Crippen molar-refractivity contribution in [2.24, 2.45) is 13.0 Å². The number of halogens is 1. The molecule has 0 radical (unpaired) electrons. The Balaban J connectivity index is 1.45. The number of rotatable bonds is 6. The fourth-order valence-electron chi connectivity index (χ4n) is 3.13. The van der Waals surface area contributed by atoms with E-state index in [0.717, 1.165) is 12.1 Å². The Morgan fingerprint density at radius 3 is 2.65 bits per heavy atom. The Kier molecular flexibility index (Phi) is 5.90. The molecule has 1 saturated heterocycles. The molecule has 1 aromatic heterocycles. The number of hydrogen-bond donors (Lipinski definition) is 3. The summed E-state index contributed by atoms with van der Waals surface area (Å²) in [6, 6.07) is 6.67. The first kappa shape index (κ1) is 18.4. The second-order valence-corrected chi connectivity index (χ2v) is 6.81. The van der Waals surface area contributed by atoms with Gasteiger partial charge in [-0.25, -0.2) is 0 Å². The van der Waals surface area contributed by atoms with E-state index in [9.17, 15) is 9.59 Å². The van der Waals surface area contributed by atoms with E-state index >= 15 is 0 Å². The zero-order valence-electron chi connectivity index (χ0n) is 14.5. The van der Waals surface area contributed by atoms with E-state index in [2.05, 4.69) is 21.0 Å². The lowest BCUT2D eigenvalue weighted by molar-refractivity contribution is -0.124. The molecule has 0 saturated carbocycles. The van der Waals surface area contributed by atoms with Crippen molar-refractivity contribution in [3.05, 3.63) is 52.8 Å². The van der Waals surface area contributed by atoms with Crippen molar-refractivity contribution in [3.8, 4) is 0 Å². The first-order valence-corrected chi connectivity index (χ1v) is 8.93. The summed E-state index contributed by atoms with van der Waals surface area (Å²) in [5.41, 5.74) is 1.60. The number of hydrogen-bond acceptors (Lipinski definition) is 4. The third kappa shape index (κ3) is 4.42. The Hall–Kier alpha value is -2.38. The van der Waals surface area contributed by atoms with Crippen LogP contribution in [0.15, 0.2) is 36.7 Å². The van der Waals surface area contributed by atoms with Crippen LogP contribution in [0.25, 0.3) is 0 Å². The molecule has 0 bridgehead atoms. The fraction of sp³-hybridized carbons (Fsp3) is 0.389. The van der Waals surface area contributed by atoms with Crippen molar-refractivity contribution in [2.75, 3.05) is 26.2 Å². The summed E-state index contributed by atoms with van der Waals surface area (Å²) in [5, 5.41) is 13.7. The molecule has 0 unspecified atom stereocenters. The van der Waals surface area contributed by atoms with E-state index < -0.39 is 0 Å². The van der Waals surface area contributed by atoms with Gasteiger partial charge in [-0.05, 0) is 29.8 Å². The predicted octanol–water partition coefficient (Wildman–Crippen LogP) is 0.923. The van der Waals surface area contributed by atoms with Crippen molar-refractivity contribution < 1.29 is 9.59 Å². The van der Waals surface area contributed by atoms with Gasteiger partial charge in [0.15, 0.2) is 0 Å². The first-order valence-electron chi connectivity index (χ1n) is 8.55. The molecule has 138 valence electrons. The van der Waals surface area contributed by atoms with Gasteiger partial charge in [0.2, 0.25) is 5.91 Å². The molecule has 1 aliphatic heterocycles. The zero-order chi connectivity index (χ0) is 18.5. The molecule has 2 heterocycles. The molecule has 3 N–H and O–H groups in total. The summed E-state index contributed by atoms with van der Waals surface area (Å²) >= 11 is 5.81. The number of carbonyl (C=O) groups is 2. The molecule has 26 heavy (non-hydrogen) atoms. The Morgan fingerprint density at radius 1 is 1.23 bits per heavy atom. The molecule has 2 amide bonds. The summed E-state index contributed by atoms with van der Waals surface area (Å²) in [7, 11) is 1.87. The number of amides is 2. The number of aryl methyl sites for hydroxylation is 1. The molecule has 2 aromatic rings. The van der Waals surface area contributed by atoms with Crippen molar-refractivity contribution in [3.63, 3.8) is 0 Å². The third-order valence-electron chi connectivity index (χ3n) is 4.52. The Morgan fingerprint density at radius 2 is 1.96 bits per heavy atom. The van der Waals surface area contributed by atoms with Crippen molar-refractivity contribution >= 4 is 23.4 Å². The average Bonchev–Trinajstić information content (AvgIpc) is 3.27. The van der Waals surface area contributed by atoms with Crippen molar-refractivity contribution in [2.45, 2.75) is 5.92 Å². The monoisotopic (exact) mass is 375 g/mol. The largest absolute Gasteiger partial charge is 0.354 e. The lowest BCUT2D eigenvalue weighted by atomic mass is 9.90.